The van der Waals surface area contributed by atoms with E-state index in [2.05, 4.69) is 15.4 Å². The van der Waals surface area contributed by atoms with Crippen LogP contribution in [-0.4, -0.2) is 38.1 Å². The summed E-state index contributed by atoms with van der Waals surface area (Å²) in [7, 11) is 0. The van der Waals surface area contributed by atoms with Gasteiger partial charge in [-0.1, -0.05) is 11.8 Å². The number of nitrogen functional groups attached to an aromatic ring is 1. The second-order valence-electron chi connectivity index (χ2n) is 6.70. The Kier molecular flexibility index (Phi) is 5.38. The molecule has 0 radical (unpaired) electrons. The second kappa shape index (κ2) is 7.57. The Morgan fingerprint density at radius 1 is 1.37 bits per heavy atom. The van der Waals surface area contributed by atoms with Gasteiger partial charge in [-0.25, -0.2) is 9.78 Å². The maximum atomic E-state index is 12.1. The van der Waals surface area contributed by atoms with Crippen LogP contribution in [0.25, 0.3) is 10.2 Å². The lowest BCUT2D eigenvalue weighted by Gasteiger charge is -2.18. The maximum absolute atomic E-state index is 12.1. The van der Waals surface area contributed by atoms with Crippen LogP contribution in [0.15, 0.2) is 34.9 Å². The zero-order chi connectivity index (χ0) is 19.6. The van der Waals surface area contributed by atoms with Crippen LogP contribution in [0.3, 0.4) is 0 Å². The maximum Gasteiger partial charge on any atom is 0.435 e. The number of carbonyl (C=O) groups excluding carboxylic acids is 2. The number of fused-ring (bicyclic) bond motifs is 1. The van der Waals surface area contributed by atoms with Crippen molar-refractivity contribution in [3.8, 4) is 0 Å². The molecule has 0 saturated carbocycles. The molecule has 8 nitrogen and oxygen atoms in total. The quantitative estimate of drug-likeness (QED) is 0.504. The standard InChI is InChI=1S/C17H19N5O3S2/c1-17(2,3)25-16(24)22-8-11(7-19-22)20-14(23)9-26-15-21-12-5-4-10(18)6-13(12)27-15/h4-8H,9,18H2,1-3H3,(H,20,23). The van der Waals surface area contributed by atoms with Gasteiger partial charge in [0.15, 0.2) is 4.34 Å². The van der Waals surface area contributed by atoms with Crippen LogP contribution < -0.4 is 11.1 Å². The van der Waals surface area contributed by atoms with Crippen molar-refractivity contribution in [2.45, 2.75) is 30.7 Å². The summed E-state index contributed by atoms with van der Waals surface area (Å²) in [6.45, 7) is 5.31. The summed E-state index contributed by atoms with van der Waals surface area (Å²) in [6, 6.07) is 5.52. The Labute approximate surface area is 164 Å². The van der Waals surface area contributed by atoms with E-state index in [9.17, 15) is 9.59 Å². The van der Waals surface area contributed by atoms with Crippen molar-refractivity contribution in [2.24, 2.45) is 0 Å². The Morgan fingerprint density at radius 3 is 2.89 bits per heavy atom. The van der Waals surface area contributed by atoms with Crippen molar-refractivity contribution in [3.63, 3.8) is 0 Å². The highest BCUT2D eigenvalue weighted by Crippen LogP contribution is 2.30. The lowest BCUT2D eigenvalue weighted by Crippen LogP contribution is -2.27. The first-order valence-electron chi connectivity index (χ1n) is 8.06. The first-order chi connectivity index (χ1) is 12.7. The molecular formula is C17H19N5O3S2. The van der Waals surface area contributed by atoms with E-state index >= 15 is 0 Å². The van der Waals surface area contributed by atoms with E-state index in [0.717, 1.165) is 19.2 Å². The van der Waals surface area contributed by atoms with Crippen molar-refractivity contribution in [2.75, 3.05) is 16.8 Å². The number of amides is 1. The van der Waals surface area contributed by atoms with Crippen molar-refractivity contribution in [1.29, 1.82) is 0 Å². The Bertz CT molecular complexity index is 990. The monoisotopic (exact) mass is 405 g/mol. The molecule has 0 bridgehead atoms. The molecule has 3 aromatic rings. The third-order valence-corrected chi connectivity index (χ3v) is 5.33. The average molecular weight is 406 g/mol. The van der Waals surface area contributed by atoms with E-state index in [1.54, 1.807) is 26.8 Å². The molecule has 0 spiro atoms. The van der Waals surface area contributed by atoms with Crippen molar-refractivity contribution < 1.29 is 14.3 Å². The van der Waals surface area contributed by atoms with Crippen molar-refractivity contribution in [1.82, 2.24) is 14.8 Å². The summed E-state index contributed by atoms with van der Waals surface area (Å²) < 4.78 is 8.03. The van der Waals surface area contributed by atoms with Crippen LogP contribution >= 0.6 is 23.1 Å². The summed E-state index contributed by atoms with van der Waals surface area (Å²) in [5, 5.41) is 6.61. The lowest BCUT2D eigenvalue weighted by molar-refractivity contribution is -0.113. The number of aromatic nitrogens is 3. The highest BCUT2D eigenvalue weighted by Gasteiger charge is 2.19. The third kappa shape index (κ3) is 5.20. The largest absolute Gasteiger partial charge is 0.442 e. The van der Waals surface area contributed by atoms with Crippen LogP contribution in [0.5, 0.6) is 0 Å². The molecule has 3 rings (SSSR count). The number of thioether (sulfide) groups is 1. The number of rotatable bonds is 4. The van der Waals surface area contributed by atoms with Gasteiger partial charge in [-0.05, 0) is 39.0 Å². The molecule has 0 aliphatic rings. The molecular weight excluding hydrogens is 386 g/mol. The molecule has 0 unspecified atom stereocenters. The van der Waals surface area contributed by atoms with Gasteiger partial charge in [-0.2, -0.15) is 9.78 Å². The molecule has 142 valence electrons. The predicted octanol–water partition coefficient (Wildman–Crippen LogP) is 3.59. The van der Waals surface area contributed by atoms with Gasteiger partial charge in [0.05, 0.1) is 34.1 Å². The first-order valence-corrected chi connectivity index (χ1v) is 9.86. The van der Waals surface area contributed by atoms with Crippen molar-refractivity contribution >= 4 is 56.7 Å². The van der Waals surface area contributed by atoms with Gasteiger partial charge in [0.1, 0.15) is 5.60 Å². The third-order valence-electron chi connectivity index (χ3n) is 3.17. The molecule has 0 aliphatic heterocycles. The smallest absolute Gasteiger partial charge is 0.435 e. The number of hydrogen-bond acceptors (Lipinski definition) is 8. The van der Waals surface area contributed by atoms with Crippen LogP contribution in [0.2, 0.25) is 0 Å². The highest BCUT2D eigenvalue weighted by molar-refractivity contribution is 8.01. The van der Waals surface area contributed by atoms with Crippen molar-refractivity contribution in [3.05, 3.63) is 30.6 Å². The predicted molar refractivity (Wildman–Crippen MR) is 107 cm³/mol. The molecule has 0 atom stereocenters. The number of nitrogens with two attached hydrogens (primary N) is 1. The summed E-state index contributed by atoms with van der Waals surface area (Å²) in [4.78, 5) is 28.5. The summed E-state index contributed by atoms with van der Waals surface area (Å²) >= 11 is 2.82. The number of benzene rings is 1. The fourth-order valence-electron chi connectivity index (χ4n) is 2.10. The number of hydrogen-bond donors (Lipinski definition) is 2. The van der Waals surface area contributed by atoms with Crippen LogP contribution in [-0.2, 0) is 9.53 Å². The van der Waals surface area contributed by atoms with Gasteiger partial charge in [-0.15, -0.1) is 11.3 Å². The van der Waals surface area contributed by atoms with Gasteiger partial charge in [0.25, 0.3) is 0 Å². The van der Waals surface area contributed by atoms with Gasteiger partial charge in [0, 0.05) is 5.69 Å². The van der Waals surface area contributed by atoms with Gasteiger partial charge >= 0.3 is 6.09 Å². The molecule has 0 saturated heterocycles. The topological polar surface area (TPSA) is 112 Å². The van der Waals surface area contributed by atoms with Crippen LogP contribution in [0.1, 0.15) is 20.8 Å². The molecule has 1 aromatic carbocycles. The van der Waals surface area contributed by atoms with Gasteiger partial charge < -0.3 is 15.8 Å². The minimum atomic E-state index is -0.620. The van der Waals surface area contributed by atoms with Gasteiger partial charge in [0.2, 0.25) is 5.91 Å². The lowest BCUT2D eigenvalue weighted by atomic mass is 10.2. The average Bonchev–Trinajstić information content (AvgIpc) is 3.17. The fraction of sp³-hybridized carbons (Fsp3) is 0.294. The minimum Gasteiger partial charge on any atom is -0.442 e. The fourth-order valence-corrected chi connectivity index (χ4v) is 4.02. The van der Waals surface area contributed by atoms with E-state index in [-0.39, 0.29) is 11.7 Å². The number of thiazole rings is 1. The summed E-state index contributed by atoms with van der Waals surface area (Å²) in [5.41, 5.74) is 7.11. The number of carbonyl (C=O) groups is 2. The molecule has 2 aromatic heterocycles. The number of nitrogens with zero attached hydrogens (tertiary/aromatic N) is 3. The van der Waals surface area contributed by atoms with E-state index in [0.29, 0.717) is 11.4 Å². The van der Waals surface area contributed by atoms with E-state index in [1.807, 2.05) is 12.1 Å². The number of ether oxygens (including phenoxy) is 1. The molecule has 10 heteroatoms. The molecule has 2 heterocycles. The SMILES string of the molecule is CC(C)(C)OC(=O)n1cc(NC(=O)CSc2nc3ccc(N)cc3s2)cn1. The second-order valence-corrected chi connectivity index (χ2v) is 8.95. The van der Waals surface area contributed by atoms with E-state index in [4.69, 9.17) is 10.5 Å². The zero-order valence-electron chi connectivity index (χ0n) is 15.1. The molecule has 1 amide bonds. The summed E-state index contributed by atoms with van der Waals surface area (Å²) in [5.74, 6) is -0.0325. The normalized spacial score (nSPS) is 11.5. The van der Waals surface area contributed by atoms with Crippen LogP contribution in [0, 0.1) is 0 Å². The van der Waals surface area contributed by atoms with Gasteiger partial charge in [-0.3, -0.25) is 4.79 Å². The Hall–Kier alpha value is -2.59. The zero-order valence-corrected chi connectivity index (χ0v) is 16.7. The Morgan fingerprint density at radius 2 is 2.15 bits per heavy atom. The molecule has 0 fully saturated rings. The van der Waals surface area contributed by atoms with E-state index < -0.39 is 11.7 Å². The Balaban J connectivity index is 1.55. The molecule has 0 aliphatic carbocycles. The number of anilines is 2. The minimum absolute atomic E-state index is 0.187. The summed E-state index contributed by atoms with van der Waals surface area (Å²) in [6.07, 6.45) is 2.20. The molecule has 27 heavy (non-hydrogen) atoms. The first kappa shape index (κ1) is 19.2. The highest BCUT2D eigenvalue weighted by atomic mass is 32.2. The number of nitrogens with one attached hydrogen (secondary N) is 1. The van der Waals surface area contributed by atoms with E-state index in [1.165, 1.54) is 35.5 Å². The molecule has 3 N–H and O–H groups in total. The van der Waals surface area contributed by atoms with Crippen LogP contribution in [0.4, 0.5) is 16.2 Å².